The number of hydrogen-bond acceptors (Lipinski definition) is 5. The highest BCUT2D eigenvalue weighted by molar-refractivity contribution is 7.99. The average Bonchev–Trinajstić information content (AvgIpc) is 2.30. The Morgan fingerprint density at radius 2 is 2.12 bits per heavy atom. The Hall–Kier alpha value is -1.12. The molecule has 0 amide bonds. The molecule has 1 aromatic rings. The Morgan fingerprint density at radius 1 is 1.44 bits per heavy atom. The summed E-state index contributed by atoms with van der Waals surface area (Å²) in [5.74, 6) is 0.933. The van der Waals surface area contributed by atoms with Crippen LogP contribution in [0.4, 0.5) is 0 Å². The number of aryl methyl sites for hydroxylation is 1. The van der Waals surface area contributed by atoms with Gasteiger partial charge in [-0.3, -0.25) is 0 Å². The lowest BCUT2D eigenvalue weighted by atomic mass is 10.1. The van der Waals surface area contributed by atoms with Gasteiger partial charge in [0, 0.05) is 12.4 Å². The molecule has 1 aromatic heterocycles. The van der Waals surface area contributed by atoms with Crippen LogP contribution in [0.2, 0.25) is 0 Å². The summed E-state index contributed by atoms with van der Waals surface area (Å²) in [5.41, 5.74) is 2.27. The van der Waals surface area contributed by atoms with Crippen LogP contribution in [0.5, 0.6) is 0 Å². The van der Waals surface area contributed by atoms with Gasteiger partial charge >= 0.3 is 0 Å². The predicted octanol–water partition coefficient (Wildman–Crippen LogP) is 1.69. The monoisotopic (exact) mass is 237 g/mol. The van der Waals surface area contributed by atoms with E-state index in [1.807, 2.05) is 20.8 Å². The van der Waals surface area contributed by atoms with Gasteiger partial charge in [-0.15, -0.1) is 16.9 Å². The van der Waals surface area contributed by atoms with Gasteiger partial charge in [-0.2, -0.15) is 10.4 Å². The second-order valence-corrected chi connectivity index (χ2v) is 4.81. The molecule has 1 N–H and O–H groups in total. The minimum Gasteiger partial charge on any atom is -0.396 e. The first-order valence-corrected chi connectivity index (χ1v) is 6.06. The van der Waals surface area contributed by atoms with Crippen LogP contribution in [0.3, 0.4) is 0 Å². The number of aliphatic hydroxyl groups is 1. The van der Waals surface area contributed by atoms with E-state index >= 15 is 0 Å². The second-order valence-electron chi connectivity index (χ2n) is 3.80. The highest BCUT2D eigenvalue weighted by Gasteiger charge is 2.12. The lowest BCUT2D eigenvalue weighted by Gasteiger charge is -2.09. The smallest absolute Gasteiger partial charge is 0.137 e. The maximum Gasteiger partial charge on any atom is 0.137 e. The minimum atomic E-state index is 0.146. The molecule has 1 heterocycles. The lowest BCUT2D eigenvalue weighted by Crippen LogP contribution is -2.05. The second kappa shape index (κ2) is 5.83. The van der Waals surface area contributed by atoms with E-state index in [1.165, 1.54) is 11.8 Å². The highest BCUT2D eigenvalue weighted by atomic mass is 32.2. The molecule has 0 radical (unpaired) electrons. The number of hydrogen-bond donors (Lipinski definition) is 1. The van der Waals surface area contributed by atoms with Gasteiger partial charge in [0.1, 0.15) is 11.1 Å². The van der Waals surface area contributed by atoms with Crippen molar-refractivity contribution in [1.29, 1.82) is 5.26 Å². The van der Waals surface area contributed by atoms with E-state index in [1.54, 1.807) is 0 Å². The lowest BCUT2D eigenvalue weighted by molar-refractivity contribution is 0.250. The molecule has 1 rings (SSSR count). The molecular formula is C11H15N3OS. The molecule has 0 aliphatic heterocycles. The number of nitrogens with zero attached hydrogens (tertiary/aromatic N) is 3. The summed E-state index contributed by atoms with van der Waals surface area (Å²) in [5, 5.41) is 26.7. The van der Waals surface area contributed by atoms with Gasteiger partial charge < -0.3 is 5.11 Å². The van der Waals surface area contributed by atoms with Gasteiger partial charge in [-0.05, 0) is 25.3 Å². The molecular weight excluding hydrogens is 222 g/mol. The fraction of sp³-hybridized carbons (Fsp3) is 0.545. The Morgan fingerprint density at radius 3 is 2.69 bits per heavy atom. The molecule has 0 spiro atoms. The van der Waals surface area contributed by atoms with Crippen LogP contribution in [0.1, 0.15) is 23.7 Å². The molecule has 1 atom stereocenters. The molecule has 0 saturated heterocycles. The zero-order valence-electron chi connectivity index (χ0n) is 9.69. The van der Waals surface area contributed by atoms with Gasteiger partial charge in [-0.25, -0.2) is 0 Å². The van der Waals surface area contributed by atoms with Gasteiger partial charge in [-0.1, -0.05) is 6.92 Å². The number of aliphatic hydroxyl groups excluding tert-OH is 1. The van der Waals surface area contributed by atoms with Crippen molar-refractivity contribution in [2.75, 3.05) is 12.4 Å². The molecule has 5 heteroatoms. The van der Waals surface area contributed by atoms with Gasteiger partial charge in [0.25, 0.3) is 0 Å². The fourth-order valence-corrected chi connectivity index (χ4v) is 2.08. The van der Waals surface area contributed by atoms with Crippen LogP contribution in [-0.4, -0.2) is 27.7 Å². The summed E-state index contributed by atoms with van der Waals surface area (Å²) in [6, 6.07) is 2.16. The Kier molecular flexibility index (Phi) is 4.71. The van der Waals surface area contributed by atoms with Crippen molar-refractivity contribution in [3.8, 4) is 6.07 Å². The third-order valence-corrected chi connectivity index (χ3v) is 3.65. The maximum absolute atomic E-state index is 9.07. The first kappa shape index (κ1) is 12.9. The number of thioether (sulfide) groups is 1. The van der Waals surface area contributed by atoms with Gasteiger partial charge in [0.05, 0.1) is 11.3 Å². The minimum absolute atomic E-state index is 0.146. The summed E-state index contributed by atoms with van der Waals surface area (Å²) < 4.78 is 0. The van der Waals surface area contributed by atoms with Crippen LogP contribution in [-0.2, 0) is 0 Å². The molecule has 0 saturated carbocycles. The molecule has 0 aliphatic rings. The number of aromatic nitrogens is 2. The first-order valence-electron chi connectivity index (χ1n) is 5.07. The molecule has 0 unspecified atom stereocenters. The predicted molar refractivity (Wildman–Crippen MR) is 63.2 cm³/mol. The van der Waals surface area contributed by atoms with E-state index in [9.17, 15) is 0 Å². The standard InChI is InChI=1S/C11H15N3OS/c1-7(5-15)6-16-11-10(4-12)8(2)9(3)13-14-11/h7,15H,5-6H2,1-3H3/t7-/m0/s1. The summed E-state index contributed by atoms with van der Waals surface area (Å²) in [7, 11) is 0. The van der Waals surface area contributed by atoms with E-state index in [2.05, 4.69) is 16.3 Å². The zero-order valence-corrected chi connectivity index (χ0v) is 10.5. The summed E-state index contributed by atoms with van der Waals surface area (Å²) in [6.07, 6.45) is 0. The van der Waals surface area contributed by atoms with E-state index in [0.717, 1.165) is 17.0 Å². The molecule has 0 aliphatic carbocycles. The van der Waals surface area contributed by atoms with Crippen LogP contribution >= 0.6 is 11.8 Å². The fourth-order valence-electron chi connectivity index (χ4n) is 1.09. The normalized spacial score (nSPS) is 12.2. The topological polar surface area (TPSA) is 69.8 Å². The Balaban J connectivity index is 2.89. The van der Waals surface area contributed by atoms with E-state index in [4.69, 9.17) is 10.4 Å². The SMILES string of the molecule is Cc1nnc(SC[C@@H](C)CO)c(C#N)c1C. The van der Waals surface area contributed by atoms with Crippen molar-refractivity contribution in [2.45, 2.75) is 25.8 Å². The molecule has 0 bridgehead atoms. The molecule has 0 fully saturated rings. The Labute approximate surface area is 99.7 Å². The van der Waals surface area contributed by atoms with Crippen molar-refractivity contribution < 1.29 is 5.11 Å². The van der Waals surface area contributed by atoms with Gasteiger partial charge in [0.2, 0.25) is 0 Å². The first-order chi connectivity index (χ1) is 7.60. The van der Waals surface area contributed by atoms with E-state index < -0.39 is 0 Å². The zero-order chi connectivity index (χ0) is 12.1. The quantitative estimate of drug-likeness (QED) is 0.807. The maximum atomic E-state index is 9.07. The van der Waals surface area contributed by atoms with Crippen LogP contribution < -0.4 is 0 Å². The van der Waals surface area contributed by atoms with Crippen molar-refractivity contribution >= 4 is 11.8 Å². The largest absolute Gasteiger partial charge is 0.396 e. The van der Waals surface area contributed by atoms with Crippen molar-refractivity contribution in [3.63, 3.8) is 0 Å². The van der Waals surface area contributed by atoms with Crippen LogP contribution in [0.25, 0.3) is 0 Å². The van der Waals surface area contributed by atoms with Crippen molar-refractivity contribution in [1.82, 2.24) is 10.2 Å². The summed E-state index contributed by atoms with van der Waals surface area (Å²) in [6.45, 7) is 5.82. The van der Waals surface area contributed by atoms with Crippen LogP contribution in [0, 0.1) is 31.1 Å². The highest BCUT2D eigenvalue weighted by Crippen LogP contribution is 2.24. The molecule has 4 nitrogen and oxygen atoms in total. The Bertz CT molecular complexity index is 414. The van der Waals surface area contributed by atoms with E-state index in [-0.39, 0.29) is 12.5 Å². The summed E-state index contributed by atoms with van der Waals surface area (Å²) >= 11 is 1.47. The third kappa shape index (κ3) is 2.94. The van der Waals surface area contributed by atoms with Crippen molar-refractivity contribution in [3.05, 3.63) is 16.8 Å². The van der Waals surface area contributed by atoms with Gasteiger partial charge in [0.15, 0.2) is 0 Å². The molecule has 0 aromatic carbocycles. The van der Waals surface area contributed by atoms with Crippen LogP contribution in [0.15, 0.2) is 5.03 Å². The number of nitriles is 1. The van der Waals surface area contributed by atoms with E-state index in [0.29, 0.717) is 10.6 Å². The molecule has 86 valence electrons. The third-order valence-electron chi connectivity index (χ3n) is 2.35. The molecule has 16 heavy (non-hydrogen) atoms. The van der Waals surface area contributed by atoms with Crippen molar-refractivity contribution in [2.24, 2.45) is 5.92 Å². The number of rotatable bonds is 4. The summed E-state index contributed by atoms with van der Waals surface area (Å²) in [4.78, 5) is 0. The average molecular weight is 237 g/mol.